The molecule has 0 radical (unpaired) electrons. The fraction of sp³-hybridized carbons (Fsp3) is 0.538. The van der Waals surface area contributed by atoms with Crippen LogP contribution in [0.3, 0.4) is 0 Å². The predicted octanol–water partition coefficient (Wildman–Crippen LogP) is 1.22. The Labute approximate surface area is 112 Å². The molecule has 18 heavy (non-hydrogen) atoms. The van der Waals surface area contributed by atoms with Gasteiger partial charge in [0.25, 0.3) is 0 Å². The Bertz CT molecular complexity index is 410. The number of carbonyl (C=O) groups is 1. The van der Waals surface area contributed by atoms with Gasteiger partial charge < -0.3 is 10.2 Å². The summed E-state index contributed by atoms with van der Waals surface area (Å²) in [6, 6.07) is 4.07. The lowest BCUT2D eigenvalue weighted by molar-refractivity contribution is -0.128. The van der Waals surface area contributed by atoms with E-state index in [1.54, 1.807) is 0 Å². The largest absolute Gasteiger partial charge is 0.339 e. The maximum absolute atomic E-state index is 12.0. The number of nitrogens with zero attached hydrogens (tertiary/aromatic N) is 2. The third-order valence-corrected chi connectivity index (χ3v) is 3.78. The predicted molar refractivity (Wildman–Crippen MR) is 73.9 cm³/mol. The second-order valence-electron chi connectivity index (χ2n) is 4.54. The summed E-state index contributed by atoms with van der Waals surface area (Å²) in [5.74, 6) is 0.693. The zero-order chi connectivity index (χ0) is 13.0. The molecule has 2 rings (SSSR count). The molecule has 0 bridgehead atoms. The van der Waals surface area contributed by atoms with Gasteiger partial charge in [0, 0.05) is 31.9 Å². The third kappa shape index (κ3) is 3.71. The summed E-state index contributed by atoms with van der Waals surface area (Å²) < 4.78 is 0. The Morgan fingerprint density at radius 3 is 2.78 bits per heavy atom. The standard InChI is InChI=1S/C13H19N3OS/c1-10-7-11(2)15-12(8-10)18-9-13(17)16-5-3-14-4-6-16/h7-8,14H,3-6,9H2,1-2H3. The number of aryl methyl sites for hydroxylation is 2. The third-order valence-electron chi connectivity index (χ3n) is 2.89. The Balaban J connectivity index is 1.88. The van der Waals surface area contributed by atoms with E-state index in [1.165, 1.54) is 17.3 Å². The summed E-state index contributed by atoms with van der Waals surface area (Å²) >= 11 is 1.53. The SMILES string of the molecule is Cc1cc(C)nc(SCC(=O)N2CCNCC2)c1. The van der Waals surface area contributed by atoms with Crippen molar-refractivity contribution >= 4 is 17.7 Å². The molecule has 1 saturated heterocycles. The zero-order valence-electron chi connectivity index (χ0n) is 10.9. The molecule has 0 aliphatic carbocycles. The van der Waals surface area contributed by atoms with Gasteiger partial charge in [0.1, 0.15) is 0 Å². The van der Waals surface area contributed by atoms with Crippen LogP contribution >= 0.6 is 11.8 Å². The highest BCUT2D eigenvalue weighted by molar-refractivity contribution is 7.99. The Kier molecular flexibility index (Phi) is 4.60. The number of rotatable bonds is 3. The number of pyridine rings is 1. The highest BCUT2D eigenvalue weighted by Crippen LogP contribution is 2.18. The quantitative estimate of drug-likeness (QED) is 0.835. The molecule has 5 heteroatoms. The Morgan fingerprint density at radius 1 is 1.39 bits per heavy atom. The lowest BCUT2D eigenvalue weighted by atomic mass is 10.3. The number of nitrogens with one attached hydrogen (secondary N) is 1. The molecule has 1 aromatic rings. The van der Waals surface area contributed by atoms with Crippen LogP contribution in [0.1, 0.15) is 11.3 Å². The van der Waals surface area contributed by atoms with Gasteiger partial charge in [-0.2, -0.15) is 0 Å². The van der Waals surface area contributed by atoms with Crippen molar-refractivity contribution in [3.63, 3.8) is 0 Å². The molecule has 1 N–H and O–H groups in total. The molecule has 0 spiro atoms. The van der Waals surface area contributed by atoms with E-state index in [0.29, 0.717) is 5.75 Å². The molecular formula is C13H19N3OS. The summed E-state index contributed by atoms with van der Waals surface area (Å²) in [4.78, 5) is 18.3. The van der Waals surface area contributed by atoms with Gasteiger partial charge in [0.2, 0.25) is 5.91 Å². The first-order chi connectivity index (χ1) is 8.65. The van der Waals surface area contributed by atoms with E-state index in [4.69, 9.17) is 0 Å². The number of hydrogen-bond donors (Lipinski definition) is 1. The zero-order valence-corrected chi connectivity index (χ0v) is 11.7. The van der Waals surface area contributed by atoms with E-state index in [9.17, 15) is 4.79 Å². The van der Waals surface area contributed by atoms with E-state index < -0.39 is 0 Å². The topological polar surface area (TPSA) is 45.2 Å². The number of aromatic nitrogens is 1. The minimum atomic E-state index is 0.211. The first kappa shape index (κ1) is 13.4. The van der Waals surface area contributed by atoms with Gasteiger partial charge in [-0.05, 0) is 31.5 Å². The lowest BCUT2D eigenvalue weighted by Gasteiger charge is -2.27. The van der Waals surface area contributed by atoms with Gasteiger partial charge in [-0.15, -0.1) is 0 Å². The van der Waals surface area contributed by atoms with Crippen LogP contribution < -0.4 is 5.32 Å². The van der Waals surface area contributed by atoms with Crippen LogP contribution in [0.5, 0.6) is 0 Å². The fourth-order valence-corrected chi connectivity index (χ4v) is 2.95. The van der Waals surface area contributed by atoms with Gasteiger partial charge in [0.05, 0.1) is 10.8 Å². The van der Waals surface area contributed by atoms with Crippen LogP contribution in [-0.4, -0.2) is 47.7 Å². The van der Waals surface area contributed by atoms with Crippen molar-refractivity contribution in [1.82, 2.24) is 15.2 Å². The molecular weight excluding hydrogens is 246 g/mol. The number of carbonyl (C=O) groups excluding carboxylic acids is 1. The van der Waals surface area contributed by atoms with Crippen molar-refractivity contribution in [3.05, 3.63) is 23.4 Å². The average Bonchev–Trinajstić information content (AvgIpc) is 2.36. The minimum Gasteiger partial charge on any atom is -0.339 e. The summed E-state index contributed by atoms with van der Waals surface area (Å²) in [6.07, 6.45) is 0. The first-order valence-electron chi connectivity index (χ1n) is 6.22. The lowest BCUT2D eigenvalue weighted by Crippen LogP contribution is -2.47. The van der Waals surface area contributed by atoms with Crippen LogP contribution in [-0.2, 0) is 4.79 Å². The van der Waals surface area contributed by atoms with Gasteiger partial charge in [0.15, 0.2) is 0 Å². The Morgan fingerprint density at radius 2 is 2.11 bits per heavy atom. The number of hydrogen-bond acceptors (Lipinski definition) is 4. The summed E-state index contributed by atoms with van der Waals surface area (Å²) in [5, 5.41) is 4.19. The molecule has 2 heterocycles. The van der Waals surface area contributed by atoms with Crippen LogP contribution in [0, 0.1) is 13.8 Å². The van der Waals surface area contributed by atoms with E-state index in [1.807, 2.05) is 24.0 Å². The molecule has 4 nitrogen and oxygen atoms in total. The molecule has 1 aliphatic heterocycles. The molecule has 0 saturated carbocycles. The van der Waals surface area contributed by atoms with Crippen LogP contribution in [0.25, 0.3) is 0 Å². The van der Waals surface area contributed by atoms with Crippen molar-refractivity contribution in [2.75, 3.05) is 31.9 Å². The number of piperazine rings is 1. The molecule has 1 aliphatic rings. The molecule has 0 aromatic carbocycles. The van der Waals surface area contributed by atoms with E-state index in [-0.39, 0.29) is 5.91 Å². The van der Waals surface area contributed by atoms with Crippen LogP contribution in [0.4, 0.5) is 0 Å². The van der Waals surface area contributed by atoms with E-state index in [0.717, 1.165) is 36.9 Å². The molecule has 0 unspecified atom stereocenters. The summed E-state index contributed by atoms with van der Waals surface area (Å²) in [7, 11) is 0. The van der Waals surface area contributed by atoms with Gasteiger partial charge >= 0.3 is 0 Å². The maximum Gasteiger partial charge on any atom is 0.233 e. The monoisotopic (exact) mass is 265 g/mol. The molecule has 1 fully saturated rings. The van der Waals surface area contributed by atoms with Gasteiger partial charge in [-0.3, -0.25) is 4.79 Å². The normalized spacial score (nSPS) is 15.8. The minimum absolute atomic E-state index is 0.211. The maximum atomic E-state index is 12.0. The Hall–Kier alpha value is -1.07. The highest BCUT2D eigenvalue weighted by atomic mass is 32.2. The van der Waals surface area contributed by atoms with Crippen molar-refractivity contribution in [2.24, 2.45) is 0 Å². The second kappa shape index (κ2) is 6.20. The summed E-state index contributed by atoms with van der Waals surface area (Å²) in [5.41, 5.74) is 2.20. The summed E-state index contributed by atoms with van der Waals surface area (Å²) in [6.45, 7) is 7.47. The van der Waals surface area contributed by atoms with Crippen molar-refractivity contribution in [1.29, 1.82) is 0 Å². The second-order valence-corrected chi connectivity index (χ2v) is 5.54. The molecule has 1 aromatic heterocycles. The van der Waals surface area contributed by atoms with Crippen molar-refractivity contribution in [3.8, 4) is 0 Å². The first-order valence-corrected chi connectivity index (χ1v) is 7.20. The number of amides is 1. The van der Waals surface area contributed by atoms with E-state index in [2.05, 4.69) is 17.2 Å². The molecule has 1 amide bonds. The fourth-order valence-electron chi connectivity index (χ4n) is 2.02. The van der Waals surface area contributed by atoms with Crippen LogP contribution in [0.15, 0.2) is 17.2 Å². The van der Waals surface area contributed by atoms with Crippen molar-refractivity contribution in [2.45, 2.75) is 18.9 Å². The number of thioether (sulfide) groups is 1. The smallest absolute Gasteiger partial charge is 0.233 e. The van der Waals surface area contributed by atoms with Gasteiger partial charge in [-0.25, -0.2) is 4.98 Å². The van der Waals surface area contributed by atoms with E-state index >= 15 is 0 Å². The van der Waals surface area contributed by atoms with Crippen molar-refractivity contribution < 1.29 is 4.79 Å². The molecule has 0 atom stereocenters. The van der Waals surface area contributed by atoms with Gasteiger partial charge in [-0.1, -0.05) is 11.8 Å². The molecule has 98 valence electrons. The average molecular weight is 265 g/mol. The highest BCUT2D eigenvalue weighted by Gasteiger charge is 2.16. The van der Waals surface area contributed by atoms with Crippen LogP contribution in [0.2, 0.25) is 0 Å².